The molecule has 1 aromatic carbocycles. The number of carbonyl (C=O) groups excluding carboxylic acids is 1. The van der Waals surface area contributed by atoms with Gasteiger partial charge in [-0.2, -0.15) is 0 Å². The summed E-state index contributed by atoms with van der Waals surface area (Å²) in [5.41, 5.74) is 1.27. The fraction of sp³-hybridized carbons (Fsp3) is 0.562. The van der Waals surface area contributed by atoms with Gasteiger partial charge >= 0.3 is 5.97 Å². The van der Waals surface area contributed by atoms with Crippen LogP contribution in [0.25, 0.3) is 0 Å². The van der Waals surface area contributed by atoms with Crippen molar-refractivity contribution in [2.75, 3.05) is 19.8 Å². The Morgan fingerprint density at radius 1 is 1.20 bits per heavy atom. The lowest BCUT2D eigenvalue weighted by atomic mass is 10.2. The summed E-state index contributed by atoms with van der Waals surface area (Å²) < 4.78 is 10.7. The van der Waals surface area contributed by atoms with E-state index < -0.39 is 6.04 Å². The maximum atomic E-state index is 11.8. The Bertz CT molecular complexity index is 389. The van der Waals surface area contributed by atoms with E-state index in [9.17, 15) is 4.79 Å². The summed E-state index contributed by atoms with van der Waals surface area (Å²) in [5, 5.41) is 3.15. The first-order valence-electron chi connectivity index (χ1n) is 7.33. The molecule has 0 aromatic heterocycles. The van der Waals surface area contributed by atoms with E-state index in [2.05, 4.69) is 19.2 Å². The number of hydrogen-bond acceptors (Lipinski definition) is 4. The van der Waals surface area contributed by atoms with Crippen molar-refractivity contribution < 1.29 is 14.3 Å². The molecule has 1 N–H and O–H groups in total. The molecule has 20 heavy (non-hydrogen) atoms. The summed E-state index contributed by atoms with van der Waals surface area (Å²) in [6.45, 7) is 7.40. The Kier molecular flexibility index (Phi) is 7.73. The number of rotatable bonds is 9. The predicted molar refractivity (Wildman–Crippen MR) is 80.0 cm³/mol. The third-order valence-electron chi connectivity index (χ3n) is 2.96. The second-order valence-electron chi connectivity index (χ2n) is 4.57. The monoisotopic (exact) mass is 279 g/mol. The lowest BCUT2D eigenvalue weighted by molar-refractivity contribution is -0.146. The fourth-order valence-electron chi connectivity index (χ4n) is 1.77. The molecule has 0 heterocycles. The molecule has 0 saturated carbocycles. The molecule has 0 fully saturated rings. The van der Waals surface area contributed by atoms with Crippen LogP contribution < -0.4 is 10.1 Å². The number of esters is 1. The molecule has 0 aliphatic carbocycles. The van der Waals surface area contributed by atoms with Gasteiger partial charge in [0.05, 0.1) is 6.61 Å². The van der Waals surface area contributed by atoms with Gasteiger partial charge < -0.3 is 14.8 Å². The molecule has 4 nitrogen and oxygen atoms in total. The summed E-state index contributed by atoms with van der Waals surface area (Å²) in [5.74, 6) is 0.515. The largest absolute Gasteiger partial charge is 0.491 e. The van der Waals surface area contributed by atoms with Gasteiger partial charge in [0.25, 0.3) is 0 Å². The van der Waals surface area contributed by atoms with Crippen LogP contribution in [-0.2, 0) is 16.0 Å². The van der Waals surface area contributed by atoms with E-state index in [4.69, 9.17) is 9.47 Å². The zero-order valence-electron chi connectivity index (χ0n) is 12.6. The van der Waals surface area contributed by atoms with Gasteiger partial charge in [0.2, 0.25) is 0 Å². The highest BCUT2D eigenvalue weighted by Crippen LogP contribution is 2.12. The topological polar surface area (TPSA) is 47.6 Å². The van der Waals surface area contributed by atoms with Crippen LogP contribution in [0.5, 0.6) is 5.75 Å². The van der Waals surface area contributed by atoms with Crippen LogP contribution in [0.4, 0.5) is 0 Å². The Morgan fingerprint density at radius 2 is 1.90 bits per heavy atom. The summed E-state index contributed by atoms with van der Waals surface area (Å²) in [6, 6.07) is 7.52. The molecule has 0 aliphatic rings. The Labute approximate surface area is 121 Å². The lowest BCUT2D eigenvalue weighted by Gasteiger charge is -2.17. The second kappa shape index (κ2) is 9.37. The van der Waals surface area contributed by atoms with Crippen LogP contribution in [0.2, 0.25) is 0 Å². The first kappa shape index (κ1) is 16.5. The van der Waals surface area contributed by atoms with Crippen LogP contribution >= 0.6 is 0 Å². The van der Waals surface area contributed by atoms with Crippen molar-refractivity contribution in [2.45, 2.75) is 39.7 Å². The molecule has 0 amide bonds. The quantitative estimate of drug-likeness (QED) is 0.706. The van der Waals surface area contributed by atoms with Gasteiger partial charge in [0.1, 0.15) is 18.4 Å². The summed E-state index contributed by atoms with van der Waals surface area (Å²) in [7, 11) is 0. The van der Waals surface area contributed by atoms with Crippen molar-refractivity contribution in [2.24, 2.45) is 0 Å². The summed E-state index contributed by atoms with van der Waals surface area (Å²) >= 11 is 0. The first-order valence-corrected chi connectivity index (χ1v) is 7.33. The molecule has 0 bridgehead atoms. The van der Waals surface area contributed by atoms with E-state index in [-0.39, 0.29) is 12.6 Å². The zero-order chi connectivity index (χ0) is 14.8. The third kappa shape index (κ3) is 5.61. The zero-order valence-corrected chi connectivity index (χ0v) is 12.6. The van der Waals surface area contributed by atoms with Crippen molar-refractivity contribution in [1.82, 2.24) is 5.32 Å². The molecule has 112 valence electrons. The van der Waals surface area contributed by atoms with Crippen LogP contribution in [0.3, 0.4) is 0 Å². The molecule has 1 aromatic rings. The van der Waals surface area contributed by atoms with Gasteiger partial charge in [-0.05, 0) is 44.0 Å². The van der Waals surface area contributed by atoms with Crippen LogP contribution in [-0.4, -0.2) is 31.8 Å². The molecule has 1 unspecified atom stereocenters. The third-order valence-corrected chi connectivity index (χ3v) is 2.96. The van der Waals surface area contributed by atoms with E-state index >= 15 is 0 Å². The molecule has 0 radical (unpaired) electrons. The SMILES string of the molecule is CCCNC(COc1ccc(CC)cc1)C(=O)OCC. The minimum absolute atomic E-state index is 0.258. The molecule has 1 rings (SSSR count). The van der Waals surface area contributed by atoms with Crippen LogP contribution in [0.15, 0.2) is 24.3 Å². The predicted octanol–water partition coefficient (Wildman–Crippen LogP) is 2.56. The smallest absolute Gasteiger partial charge is 0.326 e. The van der Waals surface area contributed by atoms with Gasteiger partial charge in [-0.1, -0.05) is 26.0 Å². The maximum absolute atomic E-state index is 11.8. The number of nitrogens with one attached hydrogen (secondary N) is 1. The van der Waals surface area contributed by atoms with E-state index in [1.54, 1.807) is 6.92 Å². The Morgan fingerprint density at radius 3 is 2.45 bits per heavy atom. The molecular formula is C16H25NO3. The molecule has 1 atom stereocenters. The van der Waals surface area contributed by atoms with E-state index in [1.165, 1.54) is 5.56 Å². The van der Waals surface area contributed by atoms with Gasteiger partial charge in [0.15, 0.2) is 0 Å². The van der Waals surface area contributed by atoms with Crippen molar-refractivity contribution in [3.8, 4) is 5.75 Å². The maximum Gasteiger partial charge on any atom is 0.326 e. The van der Waals surface area contributed by atoms with Crippen molar-refractivity contribution in [3.05, 3.63) is 29.8 Å². The van der Waals surface area contributed by atoms with Gasteiger partial charge in [-0.15, -0.1) is 0 Å². The van der Waals surface area contributed by atoms with Gasteiger partial charge in [0, 0.05) is 0 Å². The number of hydrogen-bond donors (Lipinski definition) is 1. The van der Waals surface area contributed by atoms with Crippen molar-refractivity contribution in [1.29, 1.82) is 0 Å². The summed E-state index contributed by atoms with van der Waals surface area (Å²) in [4.78, 5) is 11.8. The van der Waals surface area contributed by atoms with Crippen molar-refractivity contribution >= 4 is 5.97 Å². The number of carbonyl (C=O) groups is 1. The molecule has 0 spiro atoms. The van der Waals surface area contributed by atoms with Crippen molar-refractivity contribution in [3.63, 3.8) is 0 Å². The van der Waals surface area contributed by atoms with E-state index in [0.717, 1.165) is 25.1 Å². The van der Waals surface area contributed by atoms with Gasteiger partial charge in [-0.25, -0.2) is 0 Å². The first-order chi connectivity index (χ1) is 9.71. The molecule has 0 saturated heterocycles. The average Bonchev–Trinajstić information content (AvgIpc) is 2.48. The standard InChI is InChI=1S/C16H25NO3/c1-4-11-17-15(16(18)19-6-3)12-20-14-9-7-13(5-2)8-10-14/h7-10,15,17H,4-6,11-12H2,1-3H3. The highest BCUT2D eigenvalue weighted by atomic mass is 16.5. The highest BCUT2D eigenvalue weighted by molar-refractivity contribution is 5.76. The summed E-state index contributed by atoms with van der Waals surface area (Å²) in [6.07, 6.45) is 1.96. The van der Waals surface area contributed by atoms with Crippen LogP contribution in [0, 0.1) is 0 Å². The Balaban J connectivity index is 2.52. The second-order valence-corrected chi connectivity index (χ2v) is 4.57. The molecule has 4 heteroatoms. The molecular weight excluding hydrogens is 254 g/mol. The van der Waals surface area contributed by atoms with E-state index in [0.29, 0.717) is 6.61 Å². The number of ether oxygens (including phenoxy) is 2. The van der Waals surface area contributed by atoms with Gasteiger partial charge in [-0.3, -0.25) is 4.79 Å². The lowest BCUT2D eigenvalue weighted by Crippen LogP contribution is -2.43. The minimum atomic E-state index is -0.416. The molecule has 0 aliphatic heterocycles. The number of aryl methyl sites for hydroxylation is 1. The Hall–Kier alpha value is -1.55. The minimum Gasteiger partial charge on any atom is -0.491 e. The normalized spacial score (nSPS) is 11.9. The van der Waals surface area contributed by atoms with E-state index in [1.807, 2.05) is 24.3 Å². The highest BCUT2D eigenvalue weighted by Gasteiger charge is 2.19. The van der Waals surface area contributed by atoms with Crippen LogP contribution in [0.1, 0.15) is 32.8 Å². The number of benzene rings is 1. The fourth-order valence-corrected chi connectivity index (χ4v) is 1.77. The average molecular weight is 279 g/mol.